The third-order valence-electron chi connectivity index (χ3n) is 5.83. The molecule has 2 amide bonds. The molecule has 0 unspecified atom stereocenters. The molecule has 2 atom stereocenters. The van der Waals surface area contributed by atoms with Crippen molar-refractivity contribution in [3.63, 3.8) is 0 Å². The Labute approximate surface area is 174 Å². The van der Waals surface area contributed by atoms with Gasteiger partial charge in [0.05, 0.1) is 30.1 Å². The first-order valence-electron chi connectivity index (χ1n) is 10.4. The van der Waals surface area contributed by atoms with Crippen LogP contribution in [-0.4, -0.2) is 40.6 Å². The van der Waals surface area contributed by atoms with Gasteiger partial charge in [0, 0.05) is 12.3 Å². The molecule has 2 aliphatic heterocycles. The van der Waals surface area contributed by atoms with Crippen LogP contribution in [0.2, 0.25) is 0 Å². The fraction of sp³-hybridized carbons (Fsp3) is 0.348. The van der Waals surface area contributed by atoms with Crippen LogP contribution in [0.1, 0.15) is 30.9 Å². The van der Waals surface area contributed by atoms with Gasteiger partial charge in [0.1, 0.15) is 6.04 Å². The third-order valence-corrected chi connectivity index (χ3v) is 5.83. The number of ether oxygens (including phenoxy) is 1. The number of carbonyl (C=O) groups excluding carboxylic acids is 2. The Morgan fingerprint density at radius 3 is 2.77 bits per heavy atom. The van der Waals surface area contributed by atoms with E-state index in [2.05, 4.69) is 5.32 Å². The first kappa shape index (κ1) is 18.8. The molecule has 7 heteroatoms. The van der Waals surface area contributed by atoms with Crippen molar-refractivity contribution < 1.29 is 14.3 Å². The number of amides is 2. The monoisotopic (exact) mass is 404 g/mol. The number of nitrogens with zero attached hydrogens (tertiary/aromatic N) is 3. The van der Waals surface area contributed by atoms with Crippen molar-refractivity contribution in [3.8, 4) is 0 Å². The molecule has 30 heavy (non-hydrogen) atoms. The highest BCUT2D eigenvalue weighted by molar-refractivity contribution is 6.04. The van der Waals surface area contributed by atoms with Crippen molar-refractivity contribution in [2.45, 2.75) is 38.3 Å². The summed E-state index contributed by atoms with van der Waals surface area (Å²) < 4.78 is 7.64. The number of nitrogens with one attached hydrogen (secondary N) is 1. The topological polar surface area (TPSA) is 76.5 Å². The Bertz CT molecular complexity index is 1100. The second-order valence-electron chi connectivity index (χ2n) is 7.99. The SMILES string of the molecule is Cc1ccc(NC(=O)[C@@H]2CC(=O)N(C[C@H]3CCCO3)c3nc4ccccc4n32)cc1. The standard InChI is InChI=1S/C23H24N4O3/c1-15-8-10-16(11-9-15)24-22(29)20-13-21(28)26(14-17-5-4-12-30-17)23-25-18-6-2-3-7-19(18)27(20)23/h2-3,6-11,17,20H,4-5,12-14H2,1H3,(H,24,29)/t17-,20+/m1/s1. The molecular weight excluding hydrogens is 380 g/mol. The van der Waals surface area contributed by atoms with Gasteiger partial charge in [-0.05, 0) is 44.0 Å². The van der Waals surface area contributed by atoms with Crippen LogP contribution in [0.3, 0.4) is 0 Å². The number of benzene rings is 2. The summed E-state index contributed by atoms with van der Waals surface area (Å²) in [4.78, 5) is 32.7. The number of fused-ring (bicyclic) bond motifs is 3. The maximum atomic E-state index is 13.2. The number of hydrogen-bond donors (Lipinski definition) is 1. The van der Waals surface area contributed by atoms with Crippen LogP contribution in [0.25, 0.3) is 11.0 Å². The molecule has 1 N–H and O–H groups in total. The van der Waals surface area contributed by atoms with Gasteiger partial charge >= 0.3 is 0 Å². The van der Waals surface area contributed by atoms with E-state index in [0.29, 0.717) is 18.2 Å². The Kier molecular flexibility index (Phi) is 4.75. The average molecular weight is 404 g/mol. The molecule has 1 fully saturated rings. The Morgan fingerprint density at radius 2 is 2.00 bits per heavy atom. The summed E-state index contributed by atoms with van der Waals surface area (Å²) in [5.41, 5.74) is 3.45. The number of hydrogen-bond acceptors (Lipinski definition) is 4. The van der Waals surface area contributed by atoms with Crippen LogP contribution >= 0.6 is 0 Å². The lowest BCUT2D eigenvalue weighted by molar-refractivity contribution is -0.126. The number of anilines is 2. The van der Waals surface area contributed by atoms with Gasteiger partial charge in [-0.15, -0.1) is 0 Å². The van der Waals surface area contributed by atoms with Crippen molar-refractivity contribution in [2.75, 3.05) is 23.4 Å². The van der Waals surface area contributed by atoms with E-state index in [9.17, 15) is 9.59 Å². The van der Waals surface area contributed by atoms with Gasteiger partial charge in [0.15, 0.2) is 0 Å². The molecule has 2 aromatic carbocycles. The highest BCUT2D eigenvalue weighted by Crippen LogP contribution is 2.35. The zero-order valence-electron chi connectivity index (χ0n) is 16.9. The molecule has 2 aliphatic rings. The molecule has 5 rings (SSSR count). The normalized spacial score (nSPS) is 21.1. The van der Waals surface area contributed by atoms with Gasteiger partial charge in [-0.1, -0.05) is 29.8 Å². The number of imidazole rings is 1. The summed E-state index contributed by atoms with van der Waals surface area (Å²) >= 11 is 0. The molecule has 0 radical (unpaired) electrons. The molecule has 1 saturated heterocycles. The minimum atomic E-state index is -0.651. The molecule has 0 bridgehead atoms. The first-order chi connectivity index (χ1) is 14.6. The number of para-hydroxylation sites is 2. The fourth-order valence-electron chi connectivity index (χ4n) is 4.26. The van der Waals surface area contributed by atoms with Gasteiger partial charge in [-0.2, -0.15) is 0 Å². The summed E-state index contributed by atoms with van der Waals surface area (Å²) in [6.07, 6.45) is 2.05. The molecule has 3 aromatic rings. The quantitative estimate of drug-likeness (QED) is 0.723. The predicted octanol–water partition coefficient (Wildman–Crippen LogP) is 3.44. The molecule has 1 aromatic heterocycles. The fourth-order valence-corrected chi connectivity index (χ4v) is 4.26. The lowest BCUT2D eigenvalue weighted by Crippen LogP contribution is -2.46. The molecule has 0 aliphatic carbocycles. The van der Waals surface area contributed by atoms with Crippen LogP contribution in [0, 0.1) is 6.92 Å². The zero-order valence-corrected chi connectivity index (χ0v) is 16.9. The summed E-state index contributed by atoms with van der Waals surface area (Å²) in [5, 5.41) is 2.96. The summed E-state index contributed by atoms with van der Waals surface area (Å²) in [7, 11) is 0. The molecule has 7 nitrogen and oxygen atoms in total. The van der Waals surface area contributed by atoms with E-state index >= 15 is 0 Å². The first-order valence-corrected chi connectivity index (χ1v) is 10.4. The second kappa shape index (κ2) is 7.57. The van der Waals surface area contributed by atoms with Crippen molar-refractivity contribution in [1.82, 2.24) is 9.55 Å². The minimum Gasteiger partial charge on any atom is -0.376 e. The number of aryl methyl sites for hydroxylation is 1. The Balaban J connectivity index is 1.51. The highest BCUT2D eigenvalue weighted by Gasteiger charge is 2.39. The molecular formula is C23H24N4O3. The lowest BCUT2D eigenvalue weighted by atomic mass is 10.1. The van der Waals surface area contributed by atoms with Crippen LogP contribution in [-0.2, 0) is 14.3 Å². The smallest absolute Gasteiger partial charge is 0.248 e. The van der Waals surface area contributed by atoms with E-state index in [1.165, 1.54) is 0 Å². The van der Waals surface area contributed by atoms with Gasteiger partial charge in [0.25, 0.3) is 0 Å². The number of carbonyl (C=O) groups is 2. The van der Waals surface area contributed by atoms with Crippen molar-refractivity contribution in [1.29, 1.82) is 0 Å². The maximum absolute atomic E-state index is 13.2. The summed E-state index contributed by atoms with van der Waals surface area (Å²) in [6, 6.07) is 14.7. The predicted molar refractivity (Wildman–Crippen MR) is 115 cm³/mol. The van der Waals surface area contributed by atoms with Crippen LogP contribution in [0.15, 0.2) is 48.5 Å². The van der Waals surface area contributed by atoms with E-state index in [1.807, 2.05) is 60.0 Å². The van der Waals surface area contributed by atoms with E-state index in [-0.39, 0.29) is 24.3 Å². The van der Waals surface area contributed by atoms with Crippen molar-refractivity contribution in [3.05, 3.63) is 54.1 Å². The highest BCUT2D eigenvalue weighted by atomic mass is 16.5. The second-order valence-corrected chi connectivity index (χ2v) is 7.99. The van der Waals surface area contributed by atoms with E-state index in [0.717, 1.165) is 36.0 Å². The largest absolute Gasteiger partial charge is 0.376 e. The zero-order chi connectivity index (χ0) is 20.7. The molecule has 0 saturated carbocycles. The maximum Gasteiger partial charge on any atom is 0.248 e. The summed E-state index contributed by atoms with van der Waals surface area (Å²) in [6.45, 7) is 3.19. The van der Waals surface area contributed by atoms with Crippen LogP contribution < -0.4 is 10.2 Å². The van der Waals surface area contributed by atoms with Crippen LogP contribution in [0.5, 0.6) is 0 Å². The van der Waals surface area contributed by atoms with Gasteiger partial charge in [-0.25, -0.2) is 4.98 Å². The Morgan fingerprint density at radius 1 is 1.20 bits per heavy atom. The van der Waals surface area contributed by atoms with Gasteiger partial charge in [0.2, 0.25) is 17.8 Å². The third kappa shape index (κ3) is 3.35. The summed E-state index contributed by atoms with van der Waals surface area (Å²) in [5.74, 6) is 0.206. The molecule has 0 spiro atoms. The molecule has 3 heterocycles. The van der Waals surface area contributed by atoms with Crippen molar-refractivity contribution in [2.24, 2.45) is 0 Å². The lowest BCUT2D eigenvalue weighted by Gasteiger charge is -2.33. The number of rotatable bonds is 4. The Hall–Kier alpha value is -3.19. The molecule has 154 valence electrons. The van der Waals surface area contributed by atoms with E-state index < -0.39 is 6.04 Å². The van der Waals surface area contributed by atoms with Crippen LogP contribution in [0.4, 0.5) is 11.6 Å². The van der Waals surface area contributed by atoms with E-state index in [4.69, 9.17) is 9.72 Å². The number of aromatic nitrogens is 2. The average Bonchev–Trinajstić information content (AvgIpc) is 3.39. The van der Waals surface area contributed by atoms with Crippen molar-refractivity contribution >= 4 is 34.5 Å². The minimum absolute atomic E-state index is 0.0140. The van der Waals surface area contributed by atoms with Gasteiger partial charge < -0.3 is 10.1 Å². The van der Waals surface area contributed by atoms with E-state index in [1.54, 1.807) is 4.90 Å². The van der Waals surface area contributed by atoms with Gasteiger partial charge in [-0.3, -0.25) is 19.1 Å².